The van der Waals surface area contributed by atoms with Crippen molar-refractivity contribution < 1.29 is 9.84 Å². The van der Waals surface area contributed by atoms with Crippen molar-refractivity contribution in [2.24, 2.45) is 0 Å². The number of imidazole rings is 1. The number of rotatable bonds is 1. The van der Waals surface area contributed by atoms with Crippen molar-refractivity contribution >= 4 is 11.0 Å². The molecule has 16 heavy (non-hydrogen) atoms. The molecular weight excluding hydrogens is 204 g/mol. The minimum atomic E-state index is -0.254. The minimum Gasteiger partial charge on any atom is -0.494 e. The number of nitrogens with zero attached hydrogens (tertiary/aromatic N) is 2. The van der Waals surface area contributed by atoms with E-state index >= 15 is 0 Å². The molecule has 1 N–H and O–H groups in total. The highest BCUT2D eigenvalue weighted by molar-refractivity contribution is 5.82. The predicted molar refractivity (Wildman–Crippen MR) is 60.6 cm³/mol. The molecule has 1 atom stereocenters. The van der Waals surface area contributed by atoms with E-state index in [-0.39, 0.29) is 6.10 Å². The van der Waals surface area contributed by atoms with Gasteiger partial charge < -0.3 is 14.4 Å². The molecule has 3 rings (SSSR count). The predicted octanol–water partition coefficient (Wildman–Crippen LogP) is 1.35. The van der Waals surface area contributed by atoms with E-state index in [0.717, 1.165) is 35.6 Å². The van der Waals surface area contributed by atoms with Crippen molar-refractivity contribution in [1.29, 1.82) is 0 Å². The maximum absolute atomic E-state index is 9.62. The summed E-state index contributed by atoms with van der Waals surface area (Å²) in [5, 5.41) is 9.62. The van der Waals surface area contributed by atoms with Crippen molar-refractivity contribution in [1.82, 2.24) is 9.55 Å². The highest BCUT2D eigenvalue weighted by Crippen LogP contribution is 2.29. The third-order valence-electron chi connectivity index (χ3n) is 3.13. The van der Waals surface area contributed by atoms with Crippen LogP contribution in [0.1, 0.15) is 12.2 Å². The van der Waals surface area contributed by atoms with Gasteiger partial charge in [-0.2, -0.15) is 0 Å². The maximum Gasteiger partial charge on any atom is 0.144 e. The molecule has 0 spiro atoms. The van der Waals surface area contributed by atoms with Crippen molar-refractivity contribution in [3.05, 3.63) is 24.0 Å². The second kappa shape index (κ2) is 3.49. The van der Waals surface area contributed by atoms with Crippen LogP contribution in [0.15, 0.2) is 18.2 Å². The van der Waals surface area contributed by atoms with Gasteiger partial charge in [-0.05, 0) is 18.6 Å². The largest absolute Gasteiger partial charge is 0.494 e. The van der Waals surface area contributed by atoms with Gasteiger partial charge in [0.05, 0.1) is 18.7 Å². The van der Waals surface area contributed by atoms with Crippen molar-refractivity contribution in [3.8, 4) is 5.75 Å². The normalized spacial score (nSPS) is 19.8. The first-order valence-electron chi connectivity index (χ1n) is 5.50. The third kappa shape index (κ3) is 1.30. The Bertz CT molecular complexity index is 533. The second-order valence-electron chi connectivity index (χ2n) is 4.15. The molecule has 1 unspecified atom stereocenters. The smallest absolute Gasteiger partial charge is 0.144 e. The first-order chi connectivity index (χ1) is 7.79. The number of aliphatic hydroxyl groups is 1. The van der Waals surface area contributed by atoms with Crippen LogP contribution in [0.4, 0.5) is 0 Å². The molecule has 0 bridgehead atoms. The summed E-state index contributed by atoms with van der Waals surface area (Å²) in [6, 6.07) is 5.87. The lowest BCUT2D eigenvalue weighted by atomic mass is 10.1. The first kappa shape index (κ1) is 9.66. The molecule has 1 aromatic heterocycles. The standard InChI is InChI=1S/C12H14N2O2/c1-16-10-4-2-3-9-12(10)14-6-5-8(15)7-11(14)13-9/h2-4,8,15H,5-7H2,1H3. The Balaban J connectivity index is 2.26. The van der Waals surface area contributed by atoms with E-state index in [1.165, 1.54) is 0 Å². The summed E-state index contributed by atoms with van der Waals surface area (Å²) in [4.78, 5) is 4.54. The van der Waals surface area contributed by atoms with Crippen LogP contribution in [-0.2, 0) is 13.0 Å². The number of hydrogen-bond acceptors (Lipinski definition) is 3. The van der Waals surface area contributed by atoms with E-state index in [4.69, 9.17) is 4.74 Å². The topological polar surface area (TPSA) is 47.3 Å². The van der Waals surface area contributed by atoms with Gasteiger partial charge in [-0.25, -0.2) is 4.98 Å². The number of fused-ring (bicyclic) bond motifs is 3. The van der Waals surface area contributed by atoms with Gasteiger partial charge in [-0.1, -0.05) is 6.07 Å². The monoisotopic (exact) mass is 218 g/mol. The molecule has 4 nitrogen and oxygen atoms in total. The van der Waals surface area contributed by atoms with Crippen LogP contribution in [0.5, 0.6) is 5.75 Å². The summed E-state index contributed by atoms with van der Waals surface area (Å²) >= 11 is 0. The Kier molecular flexibility index (Phi) is 2.11. The number of aromatic nitrogens is 2. The molecule has 1 aliphatic heterocycles. The number of aliphatic hydroxyl groups excluding tert-OH is 1. The summed E-state index contributed by atoms with van der Waals surface area (Å²) in [7, 11) is 1.67. The van der Waals surface area contributed by atoms with E-state index in [9.17, 15) is 5.11 Å². The zero-order valence-corrected chi connectivity index (χ0v) is 9.18. The maximum atomic E-state index is 9.62. The lowest BCUT2D eigenvalue weighted by Gasteiger charge is -2.19. The Morgan fingerprint density at radius 2 is 2.38 bits per heavy atom. The number of aryl methyl sites for hydroxylation is 1. The fourth-order valence-corrected chi connectivity index (χ4v) is 2.35. The molecular formula is C12H14N2O2. The van der Waals surface area contributed by atoms with Crippen LogP contribution in [0.3, 0.4) is 0 Å². The molecule has 4 heteroatoms. The quantitative estimate of drug-likeness (QED) is 0.786. The minimum absolute atomic E-state index is 0.254. The van der Waals surface area contributed by atoms with Crippen LogP contribution in [0.25, 0.3) is 11.0 Å². The zero-order valence-electron chi connectivity index (χ0n) is 9.18. The van der Waals surface area contributed by atoms with Crippen molar-refractivity contribution in [2.75, 3.05) is 7.11 Å². The van der Waals surface area contributed by atoms with Gasteiger partial charge in [0, 0.05) is 13.0 Å². The van der Waals surface area contributed by atoms with Gasteiger partial charge in [0.15, 0.2) is 0 Å². The first-order valence-corrected chi connectivity index (χ1v) is 5.50. The number of benzene rings is 1. The lowest BCUT2D eigenvalue weighted by Crippen LogP contribution is -2.23. The molecule has 0 aliphatic carbocycles. The number of methoxy groups -OCH3 is 1. The number of hydrogen-bond donors (Lipinski definition) is 1. The Labute approximate surface area is 93.5 Å². The van der Waals surface area contributed by atoms with Gasteiger partial charge >= 0.3 is 0 Å². The van der Waals surface area contributed by atoms with E-state index < -0.39 is 0 Å². The van der Waals surface area contributed by atoms with Crippen molar-refractivity contribution in [2.45, 2.75) is 25.5 Å². The fourth-order valence-electron chi connectivity index (χ4n) is 2.35. The van der Waals surface area contributed by atoms with Gasteiger partial charge in [0.2, 0.25) is 0 Å². The lowest BCUT2D eigenvalue weighted by molar-refractivity contribution is 0.142. The number of ether oxygens (including phenoxy) is 1. The van der Waals surface area contributed by atoms with Gasteiger partial charge in [-0.15, -0.1) is 0 Å². The average Bonchev–Trinajstić information content (AvgIpc) is 2.65. The fraction of sp³-hybridized carbons (Fsp3) is 0.417. The van der Waals surface area contributed by atoms with E-state index in [2.05, 4.69) is 9.55 Å². The van der Waals surface area contributed by atoms with Crippen LogP contribution in [-0.4, -0.2) is 27.9 Å². The summed E-state index contributed by atoms with van der Waals surface area (Å²) < 4.78 is 7.51. The summed E-state index contributed by atoms with van der Waals surface area (Å²) in [6.45, 7) is 0.813. The number of para-hydroxylation sites is 1. The molecule has 1 aromatic carbocycles. The van der Waals surface area contributed by atoms with Gasteiger partial charge in [0.1, 0.15) is 17.1 Å². The van der Waals surface area contributed by atoms with Crippen LogP contribution in [0.2, 0.25) is 0 Å². The summed E-state index contributed by atoms with van der Waals surface area (Å²) in [5.41, 5.74) is 2.00. The van der Waals surface area contributed by atoms with E-state index in [1.54, 1.807) is 7.11 Å². The molecule has 84 valence electrons. The summed E-state index contributed by atoms with van der Waals surface area (Å²) in [6.07, 6.45) is 1.17. The molecule has 0 saturated carbocycles. The molecule has 2 heterocycles. The second-order valence-corrected chi connectivity index (χ2v) is 4.15. The van der Waals surface area contributed by atoms with Crippen LogP contribution in [0, 0.1) is 0 Å². The Morgan fingerprint density at radius 1 is 1.50 bits per heavy atom. The molecule has 2 aromatic rings. The Morgan fingerprint density at radius 3 is 3.19 bits per heavy atom. The molecule has 0 amide bonds. The van der Waals surface area contributed by atoms with Gasteiger partial charge in [0.25, 0.3) is 0 Å². The van der Waals surface area contributed by atoms with Gasteiger partial charge in [-0.3, -0.25) is 0 Å². The summed E-state index contributed by atoms with van der Waals surface area (Å²) in [5.74, 6) is 1.81. The molecule has 0 fully saturated rings. The molecule has 1 aliphatic rings. The highest BCUT2D eigenvalue weighted by Gasteiger charge is 2.21. The SMILES string of the molecule is COc1cccc2nc3n(c12)CCC(O)C3. The van der Waals surface area contributed by atoms with Crippen LogP contribution < -0.4 is 4.74 Å². The Hall–Kier alpha value is -1.55. The van der Waals surface area contributed by atoms with E-state index in [0.29, 0.717) is 6.42 Å². The average molecular weight is 218 g/mol. The molecule has 0 saturated heterocycles. The highest BCUT2D eigenvalue weighted by atomic mass is 16.5. The van der Waals surface area contributed by atoms with E-state index in [1.807, 2.05) is 18.2 Å². The molecule has 0 radical (unpaired) electrons. The third-order valence-corrected chi connectivity index (χ3v) is 3.13. The van der Waals surface area contributed by atoms with Crippen LogP contribution >= 0.6 is 0 Å². The zero-order chi connectivity index (χ0) is 11.1. The van der Waals surface area contributed by atoms with Crippen molar-refractivity contribution in [3.63, 3.8) is 0 Å².